The summed E-state index contributed by atoms with van der Waals surface area (Å²) < 4.78 is 0. The van der Waals surface area contributed by atoms with Gasteiger partial charge >= 0.3 is 0 Å². The average molecular weight is 351 g/mol. The molecule has 2 aromatic rings. The van der Waals surface area contributed by atoms with Gasteiger partial charge in [0.1, 0.15) is 5.69 Å². The molecule has 134 valence electrons. The number of nitrogens with one attached hydrogen (secondary N) is 1. The number of benzene rings is 1. The van der Waals surface area contributed by atoms with Crippen LogP contribution in [0.1, 0.15) is 33.7 Å². The first kappa shape index (κ1) is 16.5. The van der Waals surface area contributed by atoms with Crippen molar-refractivity contribution in [3.63, 3.8) is 0 Å². The minimum atomic E-state index is -0.323. The highest BCUT2D eigenvalue weighted by Crippen LogP contribution is 2.28. The Morgan fingerprint density at radius 2 is 1.88 bits per heavy atom. The van der Waals surface area contributed by atoms with Crippen LogP contribution in [0.4, 0.5) is 5.95 Å². The summed E-state index contributed by atoms with van der Waals surface area (Å²) in [4.78, 5) is 34.8. The fraction of sp³-hybridized carbons (Fsp3) is 0.368. The summed E-state index contributed by atoms with van der Waals surface area (Å²) in [7, 11) is 0. The number of fused-ring (bicyclic) bond motifs is 1. The number of nitrogen functional groups attached to an aromatic ring is 1. The van der Waals surface area contributed by atoms with Gasteiger partial charge < -0.3 is 16.0 Å². The minimum Gasteiger partial charge on any atom is -0.368 e. The summed E-state index contributed by atoms with van der Waals surface area (Å²) in [6.45, 7) is 2.29. The monoisotopic (exact) mass is 351 g/mol. The van der Waals surface area contributed by atoms with Gasteiger partial charge in [-0.05, 0) is 37.0 Å². The average Bonchev–Trinajstić information content (AvgIpc) is 3.16. The molecule has 0 radical (unpaired) electrons. The number of carbonyl (C=O) groups is 2. The molecule has 3 N–H and O–H groups in total. The molecule has 0 unspecified atom stereocenters. The van der Waals surface area contributed by atoms with Crippen molar-refractivity contribution in [2.45, 2.75) is 38.3 Å². The van der Waals surface area contributed by atoms with Crippen LogP contribution in [0.2, 0.25) is 0 Å². The van der Waals surface area contributed by atoms with Gasteiger partial charge in [-0.25, -0.2) is 9.97 Å². The molecule has 1 aromatic heterocycles. The number of rotatable bonds is 3. The Hall–Kier alpha value is -2.96. The van der Waals surface area contributed by atoms with Gasteiger partial charge in [0.25, 0.3) is 5.91 Å². The van der Waals surface area contributed by atoms with Crippen molar-refractivity contribution in [3.8, 4) is 0 Å². The quantitative estimate of drug-likeness (QED) is 0.854. The van der Waals surface area contributed by atoms with Gasteiger partial charge in [0, 0.05) is 24.7 Å². The lowest BCUT2D eigenvalue weighted by molar-refractivity contribution is -0.129. The number of aryl methyl sites for hydroxylation is 1. The van der Waals surface area contributed by atoms with Crippen LogP contribution >= 0.6 is 0 Å². The van der Waals surface area contributed by atoms with Gasteiger partial charge in [-0.1, -0.05) is 24.3 Å². The molecule has 1 fully saturated rings. The molecule has 1 saturated heterocycles. The van der Waals surface area contributed by atoms with E-state index >= 15 is 0 Å². The van der Waals surface area contributed by atoms with E-state index in [2.05, 4.69) is 27.4 Å². The number of aromatic nitrogens is 2. The topological polar surface area (TPSA) is 101 Å². The predicted octanol–water partition coefficient (Wildman–Crippen LogP) is 0.865. The molecule has 1 aromatic carbocycles. The third-order valence-corrected chi connectivity index (χ3v) is 5.07. The maximum atomic E-state index is 12.5. The Kier molecular flexibility index (Phi) is 4.06. The summed E-state index contributed by atoms with van der Waals surface area (Å²) in [6.07, 6.45) is 2.08. The van der Waals surface area contributed by atoms with E-state index < -0.39 is 0 Å². The summed E-state index contributed by atoms with van der Waals surface area (Å²) in [5.41, 5.74) is 9.09. The van der Waals surface area contributed by atoms with Crippen LogP contribution in [0.25, 0.3) is 0 Å². The molecule has 0 spiro atoms. The van der Waals surface area contributed by atoms with E-state index in [1.807, 2.05) is 17.0 Å². The fourth-order valence-electron chi connectivity index (χ4n) is 3.90. The molecule has 4 rings (SSSR count). The number of hydrogen-bond donors (Lipinski definition) is 2. The zero-order chi connectivity index (χ0) is 18.3. The molecular formula is C19H21N5O2. The first-order chi connectivity index (χ1) is 12.5. The number of carbonyl (C=O) groups excluding carboxylic acids is 2. The van der Waals surface area contributed by atoms with Crippen LogP contribution in [0, 0.1) is 6.92 Å². The second kappa shape index (κ2) is 6.40. The smallest absolute Gasteiger partial charge is 0.270 e. The van der Waals surface area contributed by atoms with Gasteiger partial charge in [-0.15, -0.1) is 0 Å². The van der Waals surface area contributed by atoms with Crippen molar-refractivity contribution in [1.29, 1.82) is 0 Å². The summed E-state index contributed by atoms with van der Waals surface area (Å²) in [5.74, 6) is -0.161. The SMILES string of the molecule is Cc1cc(C(=O)N[C@H]2CC(=O)N(C3Cc4ccccc4C3)C2)nc(N)n1. The van der Waals surface area contributed by atoms with Crippen LogP contribution in [-0.2, 0) is 17.6 Å². The molecule has 0 bridgehead atoms. The second-order valence-corrected chi connectivity index (χ2v) is 7.00. The molecule has 2 heterocycles. The van der Waals surface area contributed by atoms with Crippen molar-refractivity contribution in [2.24, 2.45) is 0 Å². The highest BCUT2D eigenvalue weighted by atomic mass is 16.2. The number of likely N-dealkylation sites (tertiary alicyclic amines) is 1. The van der Waals surface area contributed by atoms with Crippen molar-refractivity contribution >= 4 is 17.8 Å². The van der Waals surface area contributed by atoms with Crippen molar-refractivity contribution in [1.82, 2.24) is 20.2 Å². The van der Waals surface area contributed by atoms with E-state index in [1.54, 1.807) is 13.0 Å². The summed E-state index contributed by atoms with van der Waals surface area (Å²) >= 11 is 0. The highest BCUT2D eigenvalue weighted by molar-refractivity contribution is 5.93. The molecule has 1 atom stereocenters. The van der Waals surface area contributed by atoms with Crippen molar-refractivity contribution in [2.75, 3.05) is 12.3 Å². The van der Waals surface area contributed by atoms with Gasteiger partial charge in [0.2, 0.25) is 11.9 Å². The lowest BCUT2D eigenvalue weighted by Crippen LogP contribution is -2.41. The summed E-state index contributed by atoms with van der Waals surface area (Å²) in [6, 6.07) is 9.87. The standard InChI is InChI=1S/C19H21N5O2/c1-11-6-16(23-19(20)21-11)18(26)22-14-9-17(25)24(10-14)15-7-12-4-2-3-5-13(12)8-15/h2-6,14-15H,7-10H2,1H3,(H,22,26)(H2,20,21,23)/t14-/m0/s1. The largest absolute Gasteiger partial charge is 0.368 e. The highest BCUT2D eigenvalue weighted by Gasteiger charge is 2.37. The molecule has 7 nitrogen and oxygen atoms in total. The lowest BCUT2D eigenvalue weighted by atomic mass is 10.1. The molecule has 1 aliphatic heterocycles. The van der Waals surface area contributed by atoms with Crippen LogP contribution in [-0.4, -0.2) is 45.3 Å². The lowest BCUT2D eigenvalue weighted by Gasteiger charge is -2.24. The molecule has 1 aliphatic carbocycles. The first-order valence-corrected chi connectivity index (χ1v) is 8.78. The number of anilines is 1. The van der Waals surface area contributed by atoms with E-state index in [0.29, 0.717) is 18.7 Å². The van der Waals surface area contributed by atoms with E-state index in [1.165, 1.54) is 11.1 Å². The number of amides is 2. The minimum absolute atomic E-state index is 0.0722. The van der Waals surface area contributed by atoms with Crippen molar-refractivity contribution < 1.29 is 9.59 Å². The zero-order valence-electron chi connectivity index (χ0n) is 14.6. The Morgan fingerprint density at radius 1 is 1.19 bits per heavy atom. The molecular weight excluding hydrogens is 330 g/mol. The third kappa shape index (κ3) is 3.12. The molecule has 0 saturated carbocycles. The Bertz CT molecular complexity index is 837. The molecule has 2 aliphatic rings. The normalized spacial score (nSPS) is 19.7. The number of nitrogens with two attached hydrogens (primary N) is 1. The maximum absolute atomic E-state index is 12.5. The third-order valence-electron chi connectivity index (χ3n) is 5.07. The summed E-state index contributed by atoms with van der Waals surface area (Å²) in [5, 5.41) is 2.91. The zero-order valence-corrected chi connectivity index (χ0v) is 14.6. The number of nitrogens with zero attached hydrogens (tertiary/aromatic N) is 3. The van der Waals surface area contributed by atoms with Gasteiger partial charge in [0.15, 0.2) is 0 Å². The maximum Gasteiger partial charge on any atom is 0.270 e. The van der Waals surface area contributed by atoms with Crippen LogP contribution in [0.3, 0.4) is 0 Å². The van der Waals surface area contributed by atoms with Gasteiger partial charge in [0.05, 0.1) is 6.04 Å². The Labute approximate surface area is 151 Å². The van der Waals surface area contributed by atoms with Gasteiger partial charge in [-0.3, -0.25) is 9.59 Å². The Morgan fingerprint density at radius 3 is 2.54 bits per heavy atom. The predicted molar refractivity (Wildman–Crippen MR) is 96.4 cm³/mol. The van der Waals surface area contributed by atoms with E-state index in [-0.39, 0.29) is 35.5 Å². The van der Waals surface area contributed by atoms with Crippen LogP contribution < -0.4 is 11.1 Å². The van der Waals surface area contributed by atoms with Crippen molar-refractivity contribution in [3.05, 3.63) is 52.8 Å². The number of hydrogen-bond acceptors (Lipinski definition) is 5. The Balaban J connectivity index is 1.41. The van der Waals surface area contributed by atoms with E-state index in [0.717, 1.165) is 12.8 Å². The molecule has 26 heavy (non-hydrogen) atoms. The molecule has 2 amide bonds. The van der Waals surface area contributed by atoms with Crippen LogP contribution in [0.5, 0.6) is 0 Å². The second-order valence-electron chi connectivity index (χ2n) is 7.00. The fourth-order valence-corrected chi connectivity index (χ4v) is 3.90. The van der Waals surface area contributed by atoms with Crippen LogP contribution in [0.15, 0.2) is 30.3 Å². The first-order valence-electron chi connectivity index (χ1n) is 8.78. The van der Waals surface area contributed by atoms with Gasteiger partial charge in [-0.2, -0.15) is 0 Å². The molecule has 7 heteroatoms. The van der Waals surface area contributed by atoms with E-state index in [9.17, 15) is 9.59 Å². The van der Waals surface area contributed by atoms with E-state index in [4.69, 9.17) is 5.73 Å².